The van der Waals surface area contributed by atoms with E-state index in [-0.39, 0.29) is 0 Å². The van der Waals surface area contributed by atoms with Crippen molar-refractivity contribution in [2.45, 2.75) is 71.1 Å². The summed E-state index contributed by atoms with van der Waals surface area (Å²) in [6, 6.07) is 7.80. The van der Waals surface area contributed by atoms with Crippen molar-refractivity contribution in [2.75, 3.05) is 6.61 Å². The molecule has 0 aliphatic carbocycles. The molecule has 2 rings (SSSR count). The molecule has 0 unspecified atom stereocenters. The van der Waals surface area contributed by atoms with E-state index in [9.17, 15) is 0 Å². The molecule has 4 nitrogen and oxygen atoms in total. The Bertz CT molecular complexity index is 523. The van der Waals surface area contributed by atoms with Gasteiger partial charge >= 0.3 is 0 Å². The average molecular weight is 330 g/mol. The summed E-state index contributed by atoms with van der Waals surface area (Å²) < 4.78 is 11.0. The minimum Gasteiger partial charge on any atom is -0.494 e. The molecule has 0 radical (unpaired) electrons. The molecule has 1 heterocycles. The van der Waals surface area contributed by atoms with E-state index in [0.717, 1.165) is 24.3 Å². The van der Waals surface area contributed by atoms with Crippen LogP contribution < -0.4 is 4.74 Å². The van der Waals surface area contributed by atoms with Crippen LogP contribution in [0.25, 0.3) is 11.5 Å². The fourth-order valence-corrected chi connectivity index (χ4v) is 2.77. The van der Waals surface area contributed by atoms with E-state index in [1.807, 2.05) is 24.3 Å². The molecule has 1 aromatic heterocycles. The van der Waals surface area contributed by atoms with Gasteiger partial charge in [0.1, 0.15) is 5.75 Å². The van der Waals surface area contributed by atoms with Crippen molar-refractivity contribution in [3.8, 4) is 17.2 Å². The predicted octanol–water partition coefficient (Wildman–Crippen LogP) is 6.04. The van der Waals surface area contributed by atoms with E-state index in [1.54, 1.807) is 0 Å². The molecule has 2 aromatic rings. The summed E-state index contributed by atoms with van der Waals surface area (Å²) in [5, 5.41) is 7.57. The van der Waals surface area contributed by atoms with E-state index >= 15 is 0 Å². The molecule has 0 fully saturated rings. The minimum absolute atomic E-state index is 0.538. The lowest BCUT2D eigenvalue weighted by molar-refractivity contribution is 0.304. The maximum atomic E-state index is 5.78. The van der Waals surface area contributed by atoms with Crippen molar-refractivity contribution >= 4 is 0 Å². The molecular weight excluding hydrogens is 300 g/mol. The van der Waals surface area contributed by atoms with Crippen LogP contribution in [0.15, 0.2) is 35.1 Å². The minimum atomic E-state index is 0.538. The third-order valence-corrected chi connectivity index (χ3v) is 4.23. The number of unbranched alkanes of at least 4 members (excludes halogenated alkanes) is 9. The fourth-order valence-electron chi connectivity index (χ4n) is 2.77. The van der Waals surface area contributed by atoms with Crippen LogP contribution in [0.3, 0.4) is 0 Å². The van der Waals surface area contributed by atoms with E-state index in [0.29, 0.717) is 5.89 Å². The van der Waals surface area contributed by atoms with Crippen molar-refractivity contribution in [3.05, 3.63) is 30.7 Å². The Morgan fingerprint density at radius 3 is 2.04 bits per heavy atom. The number of nitrogens with zero attached hydrogens (tertiary/aromatic N) is 2. The largest absolute Gasteiger partial charge is 0.494 e. The summed E-state index contributed by atoms with van der Waals surface area (Å²) in [5.74, 6) is 1.44. The summed E-state index contributed by atoms with van der Waals surface area (Å²) in [7, 11) is 0. The van der Waals surface area contributed by atoms with Gasteiger partial charge in [-0.05, 0) is 30.7 Å². The molecule has 0 amide bonds. The van der Waals surface area contributed by atoms with Crippen molar-refractivity contribution in [1.82, 2.24) is 10.2 Å². The summed E-state index contributed by atoms with van der Waals surface area (Å²) in [6.07, 6.45) is 14.8. The van der Waals surface area contributed by atoms with Crippen molar-refractivity contribution in [1.29, 1.82) is 0 Å². The van der Waals surface area contributed by atoms with Crippen LogP contribution in [0.5, 0.6) is 5.75 Å². The molecular formula is C20H30N2O2. The maximum absolute atomic E-state index is 5.78. The Balaban J connectivity index is 1.47. The van der Waals surface area contributed by atoms with Crippen LogP contribution in [0.1, 0.15) is 71.1 Å². The van der Waals surface area contributed by atoms with E-state index in [1.165, 1.54) is 64.2 Å². The van der Waals surface area contributed by atoms with Gasteiger partial charge in [0.25, 0.3) is 0 Å². The van der Waals surface area contributed by atoms with Gasteiger partial charge in [0, 0.05) is 5.56 Å². The highest BCUT2D eigenvalue weighted by Gasteiger charge is 2.03. The third kappa shape index (κ3) is 7.16. The summed E-state index contributed by atoms with van der Waals surface area (Å²) in [5.41, 5.74) is 0.916. The fraction of sp³-hybridized carbons (Fsp3) is 0.600. The lowest BCUT2D eigenvalue weighted by Gasteiger charge is -2.06. The quantitative estimate of drug-likeness (QED) is 0.420. The first-order valence-electron chi connectivity index (χ1n) is 9.39. The highest BCUT2D eigenvalue weighted by Crippen LogP contribution is 2.20. The van der Waals surface area contributed by atoms with Gasteiger partial charge in [0.2, 0.25) is 12.3 Å². The Hall–Kier alpha value is -1.84. The van der Waals surface area contributed by atoms with Gasteiger partial charge < -0.3 is 9.15 Å². The molecule has 0 bridgehead atoms. The van der Waals surface area contributed by atoms with Crippen molar-refractivity contribution in [2.24, 2.45) is 0 Å². The number of benzene rings is 1. The number of aromatic nitrogens is 2. The molecule has 0 aliphatic heterocycles. The normalized spacial score (nSPS) is 10.9. The number of ether oxygens (including phenoxy) is 1. The molecule has 0 N–H and O–H groups in total. The SMILES string of the molecule is CCCCCCCCCCCCOc1ccc(-c2nnco2)cc1. The second-order valence-electron chi connectivity index (χ2n) is 6.30. The Morgan fingerprint density at radius 2 is 1.46 bits per heavy atom. The van der Waals surface area contributed by atoms with Gasteiger partial charge in [-0.3, -0.25) is 0 Å². The molecule has 0 spiro atoms. The Kier molecular flexibility index (Phi) is 8.99. The maximum Gasteiger partial charge on any atom is 0.247 e. The Labute approximate surface area is 145 Å². The molecule has 1 aromatic carbocycles. The summed E-state index contributed by atoms with van der Waals surface area (Å²) in [4.78, 5) is 0. The predicted molar refractivity (Wildman–Crippen MR) is 97.1 cm³/mol. The third-order valence-electron chi connectivity index (χ3n) is 4.23. The Morgan fingerprint density at radius 1 is 0.833 bits per heavy atom. The van der Waals surface area contributed by atoms with Crippen molar-refractivity contribution < 1.29 is 9.15 Å². The van der Waals surface area contributed by atoms with Crippen LogP contribution in [-0.2, 0) is 0 Å². The van der Waals surface area contributed by atoms with Gasteiger partial charge in [-0.2, -0.15) is 0 Å². The van der Waals surface area contributed by atoms with Gasteiger partial charge in [0.15, 0.2) is 0 Å². The zero-order chi connectivity index (χ0) is 16.9. The number of hydrogen-bond acceptors (Lipinski definition) is 4. The molecule has 0 saturated carbocycles. The lowest BCUT2D eigenvalue weighted by atomic mass is 10.1. The first kappa shape index (κ1) is 18.5. The van der Waals surface area contributed by atoms with Gasteiger partial charge in [-0.1, -0.05) is 64.7 Å². The monoisotopic (exact) mass is 330 g/mol. The van der Waals surface area contributed by atoms with Gasteiger partial charge in [-0.25, -0.2) is 0 Å². The molecule has 4 heteroatoms. The van der Waals surface area contributed by atoms with Crippen LogP contribution in [0.2, 0.25) is 0 Å². The zero-order valence-electron chi connectivity index (χ0n) is 14.9. The second kappa shape index (κ2) is 11.7. The van der Waals surface area contributed by atoms with E-state index in [4.69, 9.17) is 9.15 Å². The smallest absolute Gasteiger partial charge is 0.247 e. The van der Waals surface area contributed by atoms with E-state index in [2.05, 4.69) is 17.1 Å². The highest BCUT2D eigenvalue weighted by atomic mass is 16.5. The van der Waals surface area contributed by atoms with Gasteiger partial charge in [0.05, 0.1) is 6.61 Å². The van der Waals surface area contributed by atoms with Crippen LogP contribution in [-0.4, -0.2) is 16.8 Å². The molecule has 24 heavy (non-hydrogen) atoms. The van der Waals surface area contributed by atoms with Crippen LogP contribution >= 0.6 is 0 Å². The topological polar surface area (TPSA) is 48.2 Å². The highest BCUT2D eigenvalue weighted by molar-refractivity contribution is 5.53. The van der Waals surface area contributed by atoms with E-state index < -0.39 is 0 Å². The first-order chi connectivity index (χ1) is 11.9. The standard InChI is InChI=1S/C20H30N2O2/c1-2-3-4-5-6-7-8-9-10-11-16-23-19-14-12-18(13-15-19)20-22-21-17-24-20/h12-15,17H,2-11,16H2,1H3. The summed E-state index contributed by atoms with van der Waals surface area (Å²) in [6.45, 7) is 3.06. The molecule has 0 saturated heterocycles. The van der Waals surface area contributed by atoms with Crippen molar-refractivity contribution in [3.63, 3.8) is 0 Å². The first-order valence-corrected chi connectivity index (χ1v) is 9.39. The molecule has 0 aliphatic rings. The number of rotatable bonds is 13. The van der Waals surface area contributed by atoms with Gasteiger partial charge in [-0.15, -0.1) is 10.2 Å². The number of hydrogen-bond donors (Lipinski definition) is 0. The summed E-state index contributed by atoms with van der Waals surface area (Å²) >= 11 is 0. The van der Waals surface area contributed by atoms with Crippen LogP contribution in [0.4, 0.5) is 0 Å². The van der Waals surface area contributed by atoms with Crippen LogP contribution in [0, 0.1) is 0 Å². The lowest BCUT2D eigenvalue weighted by Crippen LogP contribution is -1.97. The zero-order valence-corrected chi connectivity index (χ0v) is 14.9. The second-order valence-corrected chi connectivity index (χ2v) is 6.30. The average Bonchev–Trinajstić information content (AvgIpc) is 3.15. The molecule has 132 valence electrons. The molecule has 0 atom stereocenters.